The molecule has 0 amide bonds. The summed E-state index contributed by atoms with van der Waals surface area (Å²) < 4.78 is 14.7. The Kier molecular flexibility index (Phi) is 4.57. The lowest BCUT2D eigenvalue weighted by molar-refractivity contribution is 0.241. The van der Waals surface area contributed by atoms with Gasteiger partial charge in [-0.2, -0.15) is 0 Å². The molecular weight excluding hydrogens is 281 g/mol. The molecule has 1 aliphatic carbocycles. The van der Waals surface area contributed by atoms with E-state index in [9.17, 15) is 4.39 Å². The number of nitrogens with one attached hydrogen (secondary N) is 1. The molecule has 1 aromatic carbocycles. The van der Waals surface area contributed by atoms with Crippen LogP contribution in [0.25, 0.3) is 0 Å². The van der Waals surface area contributed by atoms with Crippen molar-refractivity contribution in [2.45, 2.75) is 32.1 Å². The number of hydrogen-bond donors (Lipinski definition) is 1. The van der Waals surface area contributed by atoms with E-state index >= 15 is 0 Å². The van der Waals surface area contributed by atoms with Crippen molar-refractivity contribution in [1.82, 2.24) is 5.32 Å². The van der Waals surface area contributed by atoms with Crippen molar-refractivity contribution in [1.29, 1.82) is 0 Å². The van der Waals surface area contributed by atoms with Gasteiger partial charge in [0.2, 0.25) is 0 Å². The minimum absolute atomic E-state index is 0.0570. The minimum atomic E-state index is -0.0570. The molecule has 94 valence electrons. The second-order valence-electron chi connectivity index (χ2n) is 4.81. The maximum Gasteiger partial charge on any atom is 0.126 e. The van der Waals surface area contributed by atoms with Gasteiger partial charge in [-0.3, -0.25) is 0 Å². The van der Waals surface area contributed by atoms with E-state index in [1.165, 1.54) is 6.42 Å². The molecule has 0 spiro atoms. The van der Waals surface area contributed by atoms with Crippen LogP contribution in [-0.2, 0) is 0 Å². The summed E-state index contributed by atoms with van der Waals surface area (Å²) >= 11 is 3.42. The first kappa shape index (κ1) is 13.0. The van der Waals surface area contributed by atoms with Crippen molar-refractivity contribution in [2.24, 2.45) is 5.92 Å². The third kappa shape index (κ3) is 3.08. The van der Waals surface area contributed by atoms with Crippen molar-refractivity contribution in [3.63, 3.8) is 0 Å². The highest BCUT2D eigenvalue weighted by Gasteiger charge is 2.33. The van der Waals surface area contributed by atoms with Crippen molar-refractivity contribution in [3.8, 4) is 0 Å². The monoisotopic (exact) mass is 299 g/mol. The lowest BCUT2D eigenvalue weighted by Crippen LogP contribution is -2.34. The number of rotatable bonds is 5. The SMILES string of the molecule is CCCNCC1CCC1c1cc(Br)ccc1F. The van der Waals surface area contributed by atoms with Gasteiger partial charge in [0.15, 0.2) is 0 Å². The standard InChI is InChI=1S/C14H19BrFN/c1-2-7-17-9-10-3-5-12(10)13-8-11(15)4-6-14(13)16/h4,6,8,10,12,17H,2-3,5,7,9H2,1H3. The third-order valence-corrected chi connectivity index (χ3v) is 4.10. The van der Waals surface area contributed by atoms with Crippen LogP contribution in [0, 0.1) is 11.7 Å². The van der Waals surface area contributed by atoms with E-state index in [-0.39, 0.29) is 5.82 Å². The molecule has 1 aliphatic rings. The van der Waals surface area contributed by atoms with Crippen LogP contribution in [0.1, 0.15) is 37.7 Å². The second-order valence-corrected chi connectivity index (χ2v) is 5.73. The van der Waals surface area contributed by atoms with E-state index < -0.39 is 0 Å². The van der Waals surface area contributed by atoms with Gasteiger partial charge in [0.25, 0.3) is 0 Å². The lowest BCUT2D eigenvalue weighted by atomic mass is 9.70. The molecule has 17 heavy (non-hydrogen) atoms. The topological polar surface area (TPSA) is 12.0 Å². The fourth-order valence-corrected chi connectivity index (χ4v) is 2.86. The highest BCUT2D eigenvalue weighted by Crippen LogP contribution is 2.43. The van der Waals surface area contributed by atoms with Crippen LogP contribution < -0.4 is 5.32 Å². The van der Waals surface area contributed by atoms with Crippen LogP contribution in [0.2, 0.25) is 0 Å². The van der Waals surface area contributed by atoms with Gasteiger partial charge in [-0.05, 0) is 68.0 Å². The zero-order valence-electron chi connectivity index (χ0n) is 10.2. The molecule has 3 heteroatoms. The molecule has 0 heterocycles. The van der Waals surface area contributed by atoms with E-state index in [0.717, 1.165) is 36.0 Å². The Morgan fingerprint density at radius 3 is 2.88 bits per heavy atom. The molecule has 0 bridgehead atoms. The summed E-state index contributed by atoms with van der Waals surface area (Å²) in [6.45, 7) is 4.24. The highest BCUT2D eigenvalue weighted by atomic mass is 79.9. The average Bonchev–Trinajstić information content (AvgIpc) is 2.28. The molecule has 1 nitrogen and oxygen atoms in total. The molecule has 0 radical (unpaired) electrons. The minimum Gasteiger partial charge on any atom is -0.316 e. The smallest absolute Gasteiger partial charge is 0.126 e. The second kappa shape index (κ2) is 5.96. The van der Waals surface area contributed by atoms with Gasteiger partial charge in [0.05, 0.1) is 0 Å². The van der Waals surface area contributed by atoms with Gasteiger partial charge in [0, 0.05) is 4.47 Å². The van der Waals surface area contributed by atoms with Crippen LogP contribution in [0.3, 0.4) is 0 Å². The fraction of sp³-hybridized carbons (Fsp3) is 0.571. The molecule has 2 rings (SSSR count). The summed E-state index contributed by atoms with van der Waals surface area (Å²) in [6.07, 6.45) is 3.49. The van der Waals surface area contributed by atoms with Gasteiger partial charge < -0.3 is 5.32 Å². The van der Waals surface area contributed by atoms with Crippen LogP contribution in [-0.4, -0.2) is 13.1 Å². The van der Waals surface area contributed by atoms with Crippen molar-refractivity contribution < 1.29 is 4.39 Å². The summed E-state index contributed by atoms with van der Waals surface area (Å²) in [5.41, 5.74) is 0.883. The summed E-state index contributed by atoms with van der Waals surface area (Å²) in [7, 11) is 0. The Hall–Kier alpha value is -0.410. The summed E-state index contributed by atoms with van der Waals surface area (Å²) in [5.74, 6) is 0.945. The van der Waals surface area contributed by atoms with E-state index in [2.05, 4.69) is 28.2 Å². The Balaban J connectivity index is 1.99. The first-order valence-corrected chi connectivity index (χ1v) is 7.17. The predicted octanol–water partition coefficient (Wildman–Crippen LogP) is 4.08. The Morgan fingerprint density at radius 2 is 2.24 bits per heavy atom. The molecular formula is C14H19BrFN. The van der Waals surface area contributed by atoms with Gasteiger partial charge in [-0.25, -0.2) is 4.39 Å². The molecule has 2 unspecified atom stereocenters. The predicted molar refractivity (Wildman–Crippen MR) is 72.7 cm³/mol. The van der Waals surface area contributed by atoms with Crippen LogP contribution >= 0.6 is 15.9 Å². The maximum absolute atomic E-state index is 13.8. The molecule has 1 N–H and O–H groups in total. The molecule has 0 aliphatic heterocycles. The highest BCUT2D eigenvalue weighted by molar-refractivity contribution is 9.10. The van der Waals surface area contributed by atoms with Crippen molar-refractivity contribution in [3.05, 3.63) is 34.1 Å². The zero-order valence-corrected chi connectivity index (χ0v) is 11.8. The van der Waals surface area contributed by atoms with Crippen LogP contribution in [0.4, 0.5) is 4.39 Å². The third-order valence-electron chi connectivity index (χ3n) is 3.61. The van der Waals surface area contributed by atoms with E-state index in [4.69, 9.17) is 0 Å². The fourth-order valence-electron chi connectivity index (χ4n) is 2.49. The maximum atomic E-state index is 13.8. The van der Waals surface area contributed by atoms with Crippen molar-refractivity contribution in [2.75, 3.05) is 13.1 Å². The van der Waals surface area contributed by atoms with Gasteiger partial charge in [0.1, 0.15) is 5.82 Å². The van der Waals surface area contributed by atoms with Gasteiger partial charge in [-0.1, -0.05) is 22.9 Å². The van der Waals surface area contributed by atoms with Gasteiger partial charge in [-0.15, -0.1) is 0 Å². The van der Waals surface area contributed by atoms with Crippen LogP contribution in [0.15, 0.2) is 22.7 Å². The normalized spacial score (nSPS) is 23.5. The molecule has 1 aromatic rings. The van der Waals surface area contributed by atoms with Gasteiger partial charge >= 0.3 is 0 Å². The summed E-state index contributed by atoms with van der Waals surface area (Å²) in [4.78, 5) is 0. The zero-order chi connectivity index (χ0) is 12.3. The van der Waals surface area contributed by atoms with Crippen molar-refractivity contribution >= 4 is 15.9 Å². The Labute approximate surface area is 111 Å². The number of hydrogen-bond acceptors (Lipinski definition) is 1. The number of halogens is 2. The van der Waals surface area contributed by atoms with E-state index in [0.29, 0.717) is 11.8 Å². The molecule has 0 aromatic heterocycles. The van der Waals surface area contributed by atoms with Crippen LogP contribution in [0.5, 0.6) is 0 Å². The first-order chi connectivity index (χ1) is 8.22. The largest absolute Gasteiger partial charge is 0.316 e. The Bertz CT molecular complexity index is 380. The number of benzene rings is 1. The summed E-state index contributed by atoms with van der Waals surface area (Å²) in [6, 6.07) is 5.27. The molecule has 2 atom stereocenters. The molecule has 0 saturated heterocycles. The molecule has 1 fully saturated rings. The summed E-state index contributed by atoms with van der Waals surface area (Å²) in [5, 5.41) is 3.44. The van der Waals surface area contributed by atoms with E-state index in [1.807, 2.05) is 6.07 Å². The first-order valence-electron chi connectivity index (χ1n) is 6.38. The average molecular weight is 300 g/mol. The Morgan fingerprint density at radius 1 is 1.41 bits per heavy atom. The quantitative estimate of drug-likeness (QED) is 0.808. The lowest BCUT2D eigenvalue weighted by Gasteiger charge is -2.37. The molecule has 1 saturated carbocycles. The van der Waals surface area contributed by atoms with E-state index in [1.54, 1.807) is 12.1 Å².